The fraction of sp³-hybridized carbons (Fsp3) is 0.467. The zero-order valence-electron chi connectivity index (χ0n) is 11.7. The topological polar surface area (TPSA) is 76.4 Å². The average molecular weight is 291 g/mol. The lowest BCUT2D eigenvalue weighted by Crippen LogP contribution is -2.40. The van der Waals surface area contributed by atoms with Crippen molar-refractivity contribution in [2.45, 2.75) is 12.8 Å². The molecular formula is C15H18FN3O2. The lowest BCUT2D eigenvalue weighted by molar-refractivity contribution is -0.136. The number of halogens is 1. The molecule has 0 bridgehead atoms. The van der Waals surface area contributed by atoms with Crippen LogP contribution in [0.2, 0.25) is 0 Å². The molecule has 1 saturated heterocycles. The van der Waals surface area contributed by atoms with Crippen molar-refractivity contribution >= 4 is 11.7 Å². The summed E-state index contributed by atoms with van der Waals surface area (Å²) in [6.45, 7) is 2.16. The maximum absolute atomic E-state index is 13.2. The van der Waals surface area contributed by atoms with Gasteiger partial charge in [-0.2, -0.15) is 5.26 Å². The van der Waals surface area contributed by atoms with Crippen LogP contribution in [0.3, 0.4) is 0 Å². The number of rotatable bonds is 5. The molecule has 0 radical (unpaired) electrons. The number of carbonyl (C=O) groups is 1. The summed E-state index contributed by atoms with van der Waals surface area (Å²) in [5.74, 6) is -0.949. The summed E-state index contributed by atoms with van der Waals surface area (Å²) in [6, 6.07) is 6.29. The Bertz CT molecular complexity index is 556. The third-order valence-electron chi connectivity index (χ3n) is 3.65. The normalized spacial score (nSPS) is 18.3. The standard InChI is InChI=1S/C15H18FN3O2/c16-13-3-4-14(12(6-13)7-17)19-5-1-2-11(10-19)8-18-9-15(20)21/h3-4,6,11,18H,1-2,5,8-10H2,(H,20,21). The molecule has 0 amide bonds. The highest BCUT2D eigenvalue weighted by atomic mass is 19.1. The monoisotopic (exact) mass is 291 g/mol. The van der Waals surface area contributed by atoms with Crippen molar-refractivity contribution in [2.24, 2.45) is 5.92 Å². The molecule has 2 N–H and O–H groups in total. The van der Waals surface area contributed by atoms with Crippen LogP contribution in [0, 0.1) is 23.1 Å². The molecule has 0 aliphatic carbocycles. The number of benzene rings is 1. The summed E-state index contributed by atoms with van der Waals surface area (Å²) in [4.78, 5) is 12.6. The molecule has 112 valence electrons. The summed E-state index contributed by atoms with van der Waals surface area (Å²) >= 11 is 0. The highest BCUT2D eigenvalue weighted by Crippen LogP contribution is 2.26. The molecule has 1 heterocycles. The first-order valence-electron chi connectivity index (χ1n) is 6.97. The molecule has 1 aliphatic heterocycles. The van der Waals surface area contributed by atoms with E-state index in [4.69, 9.17) is 10.4 Å². The maximum atomic E-state index is 13.2. The molecular weight excluding hydrogens is 273 g/mol. The summed E-state index contributed by atoms with van der Waals surface area (Å²) in [5.41, 5.74) is 1.09. The third kappa shape index (κ3) is 4.17. The second-order valence-electron chi connectivity index (χ2n) is 5.25. The van der Waals surface area contributed by atoms with Crippen LogP contribution in [0.4, 0.5) is 10.1 Å². The molecule has 1 unspecified atom stereocenters. The maximum Gasteiger partial charge on any atom is 0.317 e. The molecule has 21 heavy (non-hydrogen) atoms. The molecule has 1 aromatic carbocycles. The van der Waals surface area contributed by atoms with Gasteiger partial charge in [-0.05, 0) is 37.0 Å². The van der Waals surface area contributed by atoms with Crippen LogP contribution >= 0.6 is 0 Å². The van der Waals surface area contributed by atoms with E-state index in [9.17, 15) is 9.18 Å². The third-order valence-corrected chi connectivity index (χ3v) is 3.65. The number of nitrogens with one attached hydrogen (secondary N) is 1. The lowest BCUT2D eigenvalue weighted by atomic mass is 9.96. The zero-order chi connectivity index (χ0) is 15.2. The van der Waals surface area contributed by atoms with E-state index < -0.39 is 11.8 Å². The largest absolute Gasteiger partial charge is 0.480 e. The summed E-state index contributed by atoms with van der Waals surface area (Å²) < 4.78 is 13.2. The molecule has 5 nitrogen and oxygen atoms in total. The van der Waals surface area contributed by atoms with Gasteiger partial charge in [-0.1, -0.05) is 0 Å². The molecule has 1 fully saturated rings. The van der Waals surface area contributed by atoms with Gasteiger partial charge < -0.3 is 15.3 Å². The van der Waals surface area contributed by atoms with Crippen molar-refractivity contribution in [3.8, 4) is 6.07 Å². The minimum absolute atomic E-state index is 0.0451. The van der Waals surface area contributed by atoms with Crippen LogP contribution in [0.5, 0.6) is 0 Å². The number of hydrogen-bond donors (Lipinski definition) is 2. The van der Waals surface area contributed by atoms with E-state index in [1.165, 1.54) is 12.1 Å². The van der Waals surface area contributed by atoms with E-state index in [-0.39, 0.29) is 6.54 Å². The Labute approximate surface area is 123 Å². The number of hydrogen-bond acceptors (Lipinski definition) is 4. The molecule has 1 atom stereocenters. The predicted molar refractivity (Wildman–Crippen MR) is 76.6 cm³/mol. The van der Waals surface area contributed by atoms with Crippen molar-refractivity contribution in [1.82, 2.24) is 5.32 Å². The second kappa shape index (κ2) is 7.04. The van der Waals surface area contributed by atoms with Gasteiger partial charge in [-0.25, -0.2) is 4.39 Å². The van der Waals surface area contributed by atoms with Gasteiger partial charge in [-0.15, -0.1) is 0 Å². The summed E-state index contributed by atoms with van der Waals surface area (Å²) in [7, 11) is 0. The Balaban J connectivity index is 2.01. The van der Waals surface area contributed by atoms with Gasteiger partial charge in [0.25, 0.3) is 0 Å². The Morgan fingerprint density at radius 3 is 3.10 bits per heavy atom. The van der Waals surface area contributed by atoms with Gasteiger partial charge in [0.15, 0.2) is 0 Å². The molecule has 6 heteroatoms. The van der Waals surface area contributed by atoms with Crippen molar-refractivity contribution < 1.29 is 14.3 Å². The molecule has 2 rings (SSSR count). The number of nitrogens with zero attached hydrogens (tertiary/aromatic N) is 2. The van der Waals surface area contributed by atoms with Gasteiger partial charge in [0.2, 0.25) is 0 Å². The number of piperidine rings is 1. The average Bonchev–Trinajstić information content (AvgIpc) is 2.47. The van der Waals surface area contributed by atoms with Crippen molar-refractivity contribution in [3.05, 3.63) is 29.6 Å². The fourth-order valence-electron chi connectivity index (χ4n) is 2.71. The minimum Gasteiger partial charge on any atom is -0.480 e. The second-order valence-corrected chi connectivity index (χ2v) is 5.25. The molecule has 1 aliphatic rings. The van der Waals surface area contributed by atoms with E-state index in [0.29, 0.717) is 18.0 Å². The fourth-order valence-corrected chi connectivity index (χ4v) is 2.71. The SMILES string of the molecule is N#Cc1cc(F)ccc1N1CCCC(CNCC(=O)O)C1. The van der Waals surface area contributed by atoms with E-state index in [2.05, 4.69) is 10.2 Å². The first-order chi connectivity index (χ1) is 10.1. The Hall–Kier alpha value is -2.13. The molecule has 0 aromatic heterocycles. The smallest absolute Gasteiger partial charge is 0.317 e. The molecule has 1 aromatic rings. The molecule has 0 saturated carbocycles. The van der Waals surface area contributed by atoms with Crippen LogP contribution < -0.4 is 10.2 Å². The van der Waals surface area contributed by atoms with Crippen LogP contribution in [0.15, 0.2) is 18.2 Å². The number of anilines is 1. The van der Waals surface area contributed by atoms with Crippen molar-refractivity contribution in [1.29, 1.82) is 5.26 Å². The van der Waals surface area contributed by atoms with Gasteiger partial charge >= 0.3 is 5.97 Å². The van der Waals surface area contributed by atoms with Gasteiger partial charge in [0.05, 0.1) is 17.8 Å². The first-order valence-corrected chi connectivity index (χ1v) is 6.97. The van der Waals surface area contributed by atoms with Crippen LogP contribution in [0.25, 0.3) is 0 Å². The number of aliphatic carboxylic acids is 1. The van der Waals surface area contributed by atoms with E-state index in [0.717, 1.165) is 31.6 Å². The highest BCUT2D eigenvalue weighted by Gasteiger charge is 2.22. The lowest BCUT2D eigenvalue weighted by Gasteiger charge is -2.35. The Morgan fingerprint density at radius 2 is 2.38 bits per heavy atom. The molecule has 0 spiro atoms. The Morgan fingerprint density at radius 1 is 1.57 bits per heavy atom. The predicted octanol–water partition coefficient (Wildman–Crippen LogP) is 1.59. The summed E-state index contributed by atoms with van der Waals surface area (Å²) in [5, 5.41) is 20.7. The number of nitriles is 1. The van der Waals surface area contributed by atoms with Crippen molar-refractivity contribution in [2.75, 3.05) is 31.1 Å². The van der Waals surface area contributed by atoms with E-state index >= 15 is 0 Å². The minimum atomic E-state index is -0.868. The van der Waals surface area contributed by atoms with Crippen molar-refractivity contribution in [3.63, 3.8) is 0 Å². The van der Waals surface area contributed by atoms with E-state index in [1.807, 2.05) is 6.07 Å². The zero-order valence-corrected chi connectivity index (χ0v) is 11.7. The quantitative estimate of drug-likeness (QED) is 0.861. The number of carboxylic acids is 1. The highest BCUT2D eigenvalue weighted by molar-refractivity contribution is 5.69. The summed E-state index contributed by atoms with van der Waals surface area (Å²) in [6.07, 6.45) is 1.99. The van der Waals surface area contributed by atoms with Gasteiger partial charge in [-0.3, -0.25) is 4.79 Å². The van der Waals surface area contributed by atoms with Crippen LogP contribution in [0.1, 0.15) is 18.4 Å². The van der Waals surface area contributed by atoms with E-state index in [1.54, 1.807) is 6.07 Å². The first kappa shape index (κ1) is 15.3. The van der Waals surface area contributed by atoms with Gasteiger partial charge in [0.1, 0.15) is 11.9 Å². The van der Waals surface area contributed by atoms with Crippen LogP contribution in [-0.2, 0) is 4.79 Å². The number of carboxylic acid groups (broad SMARTS) is 1. The Kier molecular flexibility index (Phi) is 5.12. The van der Waals surface area contributed by atoms with Crippen LogP contribution in [-0.4, -0.2) is 37.3 Å². The van der Waals surface area contributed by atoms with Gasteiger partial charge in [0, 0.05) is 19.6 Å².